The SMILES string of the molecule is Clc1ccc(C(C=C2CCCN2)=NC2CCCCC2)cc1.O=C(O)/C=C/C(=O)O. The van der Waals surface area contributed by atoms with Crippen LogP contribution in [0.2, 0.25) is 5.02 Å². The lowest BCUT2D eigenvalue weighted by Gasteiger charge is -2.19. The molecule has 0 atom stereocenters. The summed E-state index contributed by atoms with van der Waals surface area (Å²) in [6.07, 6.45) is 12.2. The second kappa shape index (κ2) is 12.1. The van der Waals surface area contributed by atoms with Crippen molar-refractivity contribution >= 4 is 29.3 Å². The molecule has 0 bridgehead atoms. The van der Waals surface area contributed by atoms with Gasteiger partial charge in [-0.05, 0) is 49.5 Å². The number of nitrogens with zero attached hydrogens (tertiary/aromatic N) is 1. The molecule has 2 aliphatic rings. The molecule has 3 rings (SSSR count). The number of allylic oxidation sites excluding steroid dienone is 2. The van der Waals surface area contributed by atoms with Gasteiger partial charge in [0.15, 0.2) is 0 Å². The van der Waals surface area contributed by atoms with Crippen molar-refractivity contribution in [2.24, 2.45) is 4.99 Å². The van der Waals surface area contributed by atoms with Crippen LogP contribution in [0, 0.1) is 0 Å². The number of halogens is 1. The third kappa shape index (κ3) is 8.96. The van der Waals surface area contributed by atoms with Crippen molar-refractivity contribution in [2.45, 2.75) is 51.0 Å². The van der Waals surface area contributed by atoms with Crippen LogP contribution in [0.1, 0.15) is 50.5 Å². The normalized spacial score (nSPS) is 18.9. The second-order valence-electron chi connectivity index (χ2n) is 7.02. The summed E-state index contributed by atoms with van der Waals surface area (Å²) in [5.74, 6) is -2.51. The van der Waals surface area contributed by atoms with Gasteiger partial charge in [0.2, 0.25) is 0 Å². The highest BCUT2D eigenvalue weighted by Crippen LogP contribution is 2.22. The molecule has 29 heavy (non-hydrogen) atoms. The number of aliphatic carboxylic acids is 2. The summed E-state index contributed by atoms with van der Waals surface area (Å²) < 4.78 is 0. The van der Waals surface area contributed by atoms with Gasteiger partial charge in [0.1, 0.15) is 0 Å². The number of benzene rings is 1. The second-order valence-corrected chi connectivity index (χ2v) is 7.46. The van der Waals surface area contributed by atoms with E-state index in [0.717, 1.165) is 23.7 Å². The summed E-state index contributed by atoms with van der Waals surface area (Å²) in [7, 11) is 0. The predicted molar refractivity (Wildman–Crippen MR) is 115 cm³/mol. The minimum absolute atomic E-state index is 0.489. The van der Waals surface area contributed by atoms with Gasteiger partial charge >= 0.3 is 11.9 Å². The lowest BCUT2D eigenvalue weighted by Crippen LogP contribution is -2.14. The predicted octanol–water partition coefficient (Wildman–Crippen LogP) is 4.44. The summed E-state index contributed by atoms with van der Waals surface area (Å²) in [4.78, 5) is 24.2. The number of hydrogen-bond donors (Lipinski definition) is 3. The van der Waals surface area contributed by atoms with Crippen molar-refractivity contribution < 1.29 is 19.8 Å². The van der Waals surface area contributed by atoms with Crippen LogP contribution >= 0.6 is 11.6 Å². The molecule has 1 aromatic rings. The van der Waals surface area contributed by atoms with E-state index in [0.29, 0.717) is 18.2 Å². The van der Waals surface area contributed by atoms with E-state index in [4.69, 9.17) is 26.8 Å². The average Bonchev–Trinajstić information content (AvgIpc) is 3.21. The third-order valence-electron chi connectivity index (χ3n) is 4.69. The van der Waals surface area contributed by atoms with E-state index in [1.807, 2.05) is 12.1 Å². The summed E-state index contributed by atoms with van der Waals surface area (Å²) in [5.41, 5.74) is 3.61. The van der Waals surface area contributed by atoms with Gasteiger partial charge in [0, 0.05) is 29.4 Å². The zero-order chi connectivity index (χ0) is 21.1. The fraction of sp³-hybridized carbons (Fsp3) is 0.409. The van der Waals surface area contributed by atoms with Gasteiger partial charge in [-0.25, -0.2) is 9.59 Å². The Morgan fingerprint density at radius 3 is 2.14 bits per heavy atom. The van der Waals surface area contributed by atoms with Crippen LogP contribution in [0.15, 0.2) is 53.2 Å². The van der Waals surface area contributed by atoms with Gasteiger partial charge in [-0.2, -0.15) is 0 Å². The average molecular weight is 419 g/mol. The Hall–Kier alpha value is -2.60. The highest BCUT2D eigenvalue weighted by Gasteiger charge is 2.14. The summed E-state index contributed by atoms with van der Waals surface area (Å²) in [6, 6.07) is 8.55. The topological polar surface area (TPSA) is 99.0 Å². The summed E-state index contributed by atoms with van der Waals surface area (Å²) in [6.45, 7) is 1.09. The number of aliphatic imine (C=N–C) groups is 1. The Balaban J connectivity index is 0.000000321. The van der Waals surface area contributed by atoms with Gasteiger partial charge in [0.25, 0.3) is 0 Å². The monoisotopic (exact) mass is 418 g/mol. The summed E-state index contributed by atoms with van der Waals surface area (Å²) >= 11 is 6.01. The van der Waals surface area contributed by atoms with Crippen LogP contribution in [0.5, 0.6) is 0 Å². The minimum Gasteiger partial charge on any atom is -0.478 e. The number of carbonyl (C=O) groups is 2. The molecule has 1 saturated heterocycles. The fourth-order valence-corrected chi connectivity index (χ4v) is 3.40. The van der Waals surface area contributed by atoms with Crippen molar-refractivity contribution in [3.8, 4) is 0 Å². The molecule has 0 amide bonds. The lowest BCUT2D eigenvalue weighted by atomic mass is 9.95. The van der Waals surface area contributed by atoms with E-state index in [9.17, 15) is 9.59 Å². The highest BCUT2D eigenvalue weighted by atomic mass is 35.5. The number of rotatable bonds is 5. The first-order valence-electron chi connectivity index (χ1n) is 9.86. The van der Waals surface area contributed by atoms with E-state index in [2.05, 4.69) is 23.5 Å². The lowest BCUT2D eigenvalue weighted by molar-refractivity contribution is -0.134. The van der Waals surface area contributed by atoms with E-state index in [1.165, 1.54) is 49.8 Å². The van der Waals surface area contributed by atoms with E-state index in [1.54, 1.807) is 0 Å². The first-order chi connectivity index (χ1) is 13.9. The van der Waals surface area contributed by atoms with Gasteiger partial charge < -0.3 is 15.5 Å². The van der Waals surface area contributed by atoms with Crippen molar-refractivity contribution in [3.63, 3.8) is 0 Å². The Morgan fingerprint density at radius 2 is 1.62 bits per heavy atom. The summed E-state index contributed by atoms with van der Waals surface area (Å²) in [5, 5.41) is 19.9. The fourth-order valence-electron chi connectivity index (χ4n) is 3.27. The molecule has 7 heteroatoms. The van der Waals surface area contributed by atoms with Crippen LogP contribution in [-0.2, 0) is 9.59 Å². The standard InChI is InChI=1S/C18H23ClN2.C4H4O4/c19-15-10-8-14(9-11-15)18(13-17-7-4-12-20-17)21-16-5-2-1-3-6-16;5-3(6)1-2-4(7)8/h8-11,13,16,20H,1-7,12H2;1-2H,(H,5,6)(H,7,8)/b;2-1+. The molecule has 3 N–H and O–H groups in total. The van der Waals surface area contributed by atoms with Gasteiger partial charge in [-0.3, -0.25) is 4.99 Å². The molecule has 0 spiro atoms. The first kappa shape index (κ1) is 22.7. The smallest absolute Gasteiger partial charge is 0.328 e. The maximum atomic E-state index is 9.55. The molecule has 2 fully saturated rings. The quantitative estimate of drug-likeness (QED) is 0.485. The molecule has 0 radical (unpaired) electrons. The molecule has 1 aliphatic heterocycles. The maximum Gasteiger partial charge on any atom is 0.328 e. The molecule has 1 saturated carbocycles. The van der Waals surface area contributed by atoms with Crippen molar-refractivity contribution in [1.82, 2.24) is 5.32 Å². The third-order valence-corrected chi connectivity index (χ3v) is 4.94. The van der Waals surface area contributed by atoms with Crippen molar-refractivity contribution in [3.05, 3.63) is 58.8 Å². The Bertz CT molecular complexity index is 755. The Morgan fingerprint density at radius 1 is 1.00 bits per heavy atom. The first-order valence-corrected chi connectivity index (χ1v) is 10.2. The number of carboxylic acids is 2. The molecular formula is C22H27ClN2O4. The van der Waals surface area contributed by atoms with Gasteiger partial charge in [-0.15, -0.1) is 0 Å². The molecule has 1 aliphatic carbocycles. The zero-order valence-corrected chi connectivity index (χ0v) is 17.1. The molecule has 6 nitrogen and oxygen atoms in total. The number of hydrogen-bond acceptors (Lipinski definition) is 4. The Labute approximate surface area is 176 Å². The number of nitrogens with one attached hydrogen (secondary N) is 1. The van der Waals surface area contributed by atoms with Crippen LogP contribution in [0.4, 0.5) is 0 Å². The zero-order valence-electron chi connectivity index (χ0n) is 16.3. The van der Waals surface area contributed by atoms with E-state index < -0.39 is 11.9 Å². The highest BCUT2D eigenvalue weighted by molar-refractivity contribution is 6.30. The van der Waals surface area contributed by atoms with Crippen LogP contribution in [-0.4, -0.2) is 40.4 Å². The minimum atomic E-state index is -1.26. The number of carboxylic acid groups (broad SMARTS) is 2. The molecule has 0 unspecified atom stereocenters. The Kier molecular flexibility index (Phi) is 9.44. The van der Waals surface area contributed by atoms with Crippen molar-refractivity contribution in [2.75, 3.05) is 6.54 Å². The largest absolute Gasteiger partial charge is 0.478 e. The van der Waals surface area contributed by atoms with Crippen LogP contribution in [0.3, 0.4) is 0 Å². The van der Waals surface area contributed by atoms with E-state index in [-0.39, 0.29) is 0 Å². The molecule has 0 aromatic heterocycles. The van der Waals surface area contributed by atoms with Crippen molar-refractivity contribution in [1.29, 1.82) is 0 Å². The molecule has 156 valence electrons. The van der Waals surface area contributed by atoms with Gasteiger partial charge in [0.05, 0.1) is 11.8 Å². The van der Waals surface area contributed by atoms with Crippen LogP contribution < -0.4 is 5.32 Å². The van der Waals surface area contributed by atoms with Gasteiger partial charge in [-0.1, -0.05) is 43.0 Å². The van der Waals surface area contributed by atoms with Crippen LogP contribution in [0.25, 0.3) is 0 Å². The molecular weight excluding hydrogens is 392 g/mol. The molecule has 1 heterocycles. The maximum absolute atomic E-state index is 9.55. The molecule has 1 aromatic carbocycles. The van der Waals surface area contributed by atoms with E-state index >= 15 is 0 Å².